The van der Waals surface area contributed by atoms with Crippen LogP contribution in [0.15, 0.2) is 42.5 Å². The second kappa shape index (κ2) is 7.37. The Balaban J connectivity index is 2.29. The van der Waals surface area contributed by atoms with Gasteiger partial charge in [0.2, 0.25) is 15.9 Å². The highest BCUT2D eigenvalue weighted by Crippen LogP contribution is 2.23. The van der Waals surface area contributed by atoms with Gasteiger partial charge in [0.25, 0.3) is 0 Å². The van der Waals surface area contributed by atoms with Crippen LogP contribution in [0.3, 0.4) is 0 Å². The number of benzene rings is 2. The number of nitrogens with zero attached hydrogens (tertiary/aromatic N) is 1. The van der Waals surface area contributed by atoms with Crippen LogP contribution in [0.25, 0.3) is 0 Å². The molecule has 134 valence electrons. The maximum atomic E-state index is 13.2. The van der Waals surface area contributed by atoms with Gasteiger partial charge in [0.05, 0.1) is 17.0 Å². The predicted molar refractivity (Wildman–Crippen MR) is 93.2 cm³/mol. The van der Waals surface area contributed by atoms with Crippen LogP contribution in [0.5, 0.6) is 0 Å². The van der Waals surface area contributed by atoms with Gasteiger partial charge in [-0.15, -0.1) is 0 Å². The van der Waals surface area contributed by atoms with Gasteiger partial charge in [-0.3, -0.25) is 9.10 Å². The number of carbonyl (C=O) groups excluding carboxylic acids is 1. The number of anilines is 2. The molecule has 0 bridgehead atoms. The largest absolute Gasteiger partial charge is 0.324 e. The molecule has 9 heteroatoms. The van der Waals surface area contributed by atoms with Crippen LogP contribution < -0.4 is 9.62 Å². The monoisotopic (exact) mass is 388 g/mol. The summed E-state index contributed by atoms with van der Waals surface area (Å²) in [5.74, 6) is -1.83. The molecular formula is C16H15ClF2N2O3S. The third-order valence-electron chi connectivity index (χ3n) is 3.36. The van der Waals surface area contributed by atoms with E-state index in [1.807, 2.05) is 0 Å². The minimum Gasteiger partial charge on any atom is -0.324 e. The fraction of sp³-hybridized carbons (Fsp3) is 0.188. The molecule has 5 nitrogen and oxygen atoms in total. The predicted octanol–water partition coefficient (Wildman–Crippen LogP) is 3.41. The molecule has 0 aromatic heterocycles. The fourth-order valence-corrected chi connectivity index (χ4v) is 3.57. The van der Waals surface area contributed by atoms with Crippen LogP contribution in [0.1, 0.15) is 6.92 Å². The Morgan fingerprint density at radius 2 is 1.76 bits per heavy atom. The topological polar surface area (TPSA) is 66.5 Å². The Bertz CT molecular complexity index is 889. The van der Waals surface area contributed by atoms with Crippen LogP contribution in [0.4, 0.5) is 20.2 Å². The maximum Gasteiger partial charge on any atom is 0.247 e. The quantitative estimate of drug-likeness (QED) is 0.853. The van der Waals surface area contributed by atoms with Crippen LogP contribution in [-0.4, -0.2) is 26.6 Å². The Morgan fingerprint density at radius 1 is 1.16 bits per heavy atom. The summed E-state index contributed by atoms with van der Waals surface area (Å²) in [4.78, 5) is 12.4. The van der Waals surface area contributed by atoms with Gasteiger partial charge in [0.15, 0.2) is 0 Å². The summed E-state index contributed by atoms with van der Waals surface area (Å²) in [7, 11) is -3.82. The molecule has 0 aliphatic carbocycles. The average molecular weight is 389 g/mol. The number of hydrogen-bond donors (Lipinski definition) is 1. The van der Waals surface area contributed by atoms with E-state index in [2.05, 4.69) is 5.32 Å². The molecular weight excluding hydrogens is 374 g/mol. The van der Waals surface area contributed by atoms with Gasteiger partial charge < -0.3 is 5.32 Å². The lowest BCUT2D eigenvalue weighted by molar-refractivity contribution is -0.116. The number of nitrogens with one attached hydrogen (secondary N) is 1. The number of rotatable bonds is 5. The van der Waals surface area contributed by atoms with Gasteiger partial charge in [0.1, 0.15) is 17.7 Å². The normalized spacial score (nSPS) is 12.5. The molecule has 2 rings (SSSR count). The molecule has 1 amide bonds. The van der Waals surface area contributed by atoms with Gasteiger partial charge in [-0.25, -0.2) is 17.2 Å². The molecule has 0 spiro atoms. The molecule has 0 unspecified atom stereocenters. The standard InChI is InChI=1S/C16H15ClF2N2O3S/c1-10(16(22)20-12-5-8-15(19)14(17)9-12)21(25(2,23)24)13-6-3-11(18)4-7-13/h3-10H,1-2H3,(H,20,22)/t10-/m0/s1. The Morgan fingerprint density at radius 3 is 2.28 bits per heavy atom. The molecule has 2 aromatic carbocycles. The molecule has 0 aliphatic rings. The smallest absolute Gasteiger partial charge is 0.247 e. The van der Waals surface area contributed by atoms with Crippen LogP contribution in [0.2, 0.25) is 5.02 Å². The summed E-state index contributed by atoms with van der Waals surface area (Å²) >= 11 is 5.65. The first kappa shape index (κ1) is 19.1. The molecule has 1 N–H and O–H groups in total. The van der Waals surface area contributed by atoms with Gasteiger partial charge in [-0.1, -0.05) is 11.6 Å². The van der Waals surface area contributed by atoms with Crippen molar-refractivity contribution >= 4 is 38.9 Å². The van der Waals surface area contributed by atoms with Gasteiger partial charge in [0, 0.05) is 5.69 Å². The zero-order valence-corrected chi connectivity index (χ0v) is 14.9. The molecule has 0 radical (unpaired) electrons. The van der Waals surface area contributed by atoms with Gasteiger partial charge in [-0.2, -0.15) is 0 Å². The summed E-state index contributed by atoms with van der Waals surface area (Å²) in [6.45, 7) is 1.38. The van der Waals surface area contributed by atoms with Crippen LogP contribution in [-0.2, 0) is 14.8 Å². The zero-order valence-electron chi connectivity index (χ0n) is 13.3. The summed E-state index contributed by atoms with van der Waals surface area (Å²) in [5, 5.41) is 2.30. The molecule has 0 aliphatic heterocycles. The fourth-order valence-electron chi connectivity index (χ4n) is 2.22. The molecule has 0 saturated heterocycles. The van der Waals surface area contributed by atoms with Gasteiger partial charge in [-0.05, 0) is 49.4 Å². The van der Waals surface area contributed by atoms with E-state index in [4.69, 9.17) is 11.6 Å². The van der Waals surface area contributed by atoms with E-state index in [9.17, 15) is 22.0 Å². The van der Waals surface area contributed by atoms with Crippen LogP contribution in [0, 0.1) is 11.6 Å². The highest BCUT2D eigenvalue weighted by atomic mass is 35.5. The number of sulfonamides is 1. The maximum absolute atomic E-state index is 13.2. The lowest BCUT2D eigenvalue weighted by atomic mass is 10.2. The average Bonchev–Trinajstić information content (AvgIpc) is 2.51. The molecule has 25 heavy (non-hydrogen) atoms. The second-order valence-electron chi connectivity index (χ2n) is 5.33. The Hall–Kier alpha value is -2.19. The molecule has 2 aromatic rings. The molecule has 0 saturated carbocycles. The van der Waals surface area contributed by atoms with Crippen molar-refractivity contribution in [3.63, 3.8) is 0 Å². The van der Waals surface area contributed by atoms with Crippen molar-refractivity contribution in [2.75, 3.05) is 15.9 Å². The van der Waals surface area contributed by atoms with E-state index >= 15 is 0 Å². The number of halogens is 3. The summed E-state index contributed by atoms with van der Waals surface area (Å²) in [5.41, 5.74) is 0.361. The number of amides is 1. The minimum absolute atomic E-state index is 0.142. The van der Waals surface area contributed by atoms with Gasteiger partial charge >= 0.3 is 0 Å². The van der Waals surface area contributed by atoms with Crippen molar-refractivity contribution in [2.45, 2.75) is 13.0 Å². The summed E-state index contributed by atoms with van der Waals surface area (Å²) in [6, 6.07) is 7.17. The van der Waals surface area contributed by atoms with Crippen LogP contribution >= 0.6 is 11.6 Å². The minimum atomic E-state index is -3.82. The zero-order chi connectivity index (χ0) is 18.8. The van der Waals surface area contributed by atoms with E-state index in [1.54, 1.807) is 0 Å². The van der Waals surface area contributed by atoms with E-state index in [0.717, 1.165) is 28.8 Å². The van der Waals surface area contributed by atoms with E-state index in [-0.39, 0.29) is 16.4 Å². The highest BCUT2D eigenvalue weighted by Gasteiger charge is 2.29. The summed E-state index contributed by atoms with van der Waals surface area (Å²) < 4.78 is 51.3. The lowest BCUT2D eigenvalue weighted by Gasteiger charge is -2.28. The first-order valence-electron chi connectivity index (χ1n) is 7.10. The first-order chi connectivity index (χ1) is 11.6. The lowest BCUT2D eigenvalue weighted by Crippen LogP contribution is -2.45. The van der Waals surface area contributed by atoms with Crippen molar-refractivity contribution in [1.29, 1.82) is 0 Å². The van der Waals surface area contributed by atoms with E-state index in [0.29, 0.717) is 0 Å². The third-order valence-corrected chi connectivity index (χ3v) is 4.89. The van der Waals surface area contributed by atoms with E-state index < -0.39 is 33.6 Å². The third kappa shape index (κ3) is 4.67. The first-order valence-corrected chi connectivity index (χ1v) is 9.33. The highest BCUT2D eigenvalue weighted by molar-refractivity contribution is 7.92. The molecule has 0 fully saturated rings. The summed E-state index contributed by atoms with van der Waals surface area (Å²) in [6.07, 6.45) is 0.939. The van der Waals surface area contributed by atoms with E-state index in [1.165, 1.54) is 31.2 Å². The molecule has 0 heterocycles. The number of hydrogen-bond acceptors (Lipinski definition) is 3. The Kier molecular flexibility index (Phi) is 5.64. The van der Waals surface area contributed by atoms with Crippen molar-refractivity contribution in [1.82, 2.24) is 0 Å². The van der Waals surface area contributed by atoms with Crippen molar-refractivity contribution < 1.29 is 22.0 Å². The SMILES string of the molecule is C[C@@H](C(=O)Nc1ccc(F)c(Cl)c1)N(c1ccc(F)cc1)S(C)(=O)=O. The Labute approximate surface area is 149 Å². The number of carbonyl (C=O) groups is 1. The van der Waals surface area contributed by atoms with Crippen molar-refractivity contribution in [3.05, 3.63) is 59.1 Å². The second-order valence-corrected chi connectivity index (χ2v) is 7.60. The van der Waals surface area contributed by atoms with Crippen molar-refractivity contribution in [3.8, 4) is 0 Å². The van der Waals surface area contributed by atoms with Crippen molar-refractivity contribution in [2.24, 2.45) is 0 Å². The molecule has 1 atom stereocenters.